The Labute approximate surface area is 106 Å². The highest BCUT2D eigenvalue weighted by Gasteiger charge is 2.17. The molecule has 1 aliphatic rings. The summed E-state index contributed by atoms with van der Waals surface area (Å²) in [5.41, 5.74) is 1.98. The number of nitrogens with zero attached hydrogens (tertiary/aromatic N) is 2. The minimum atomic E-state index is 0.0931. The molecule has 4 nitrogen and oxygen atoms in total. The molecular formula is C13H16BN3O. The molecule has 0 bridgehead atoms. The summed E-state index contributed by atoms with van der Waals surface area (Å²) in [4.78, 5) is 16.9. The normalized spacial score (nSPS) is 17.1. The molecule has 2 aromatic rings. The van der Waals surface area contributed by atoms with Gasteiger partial charge in [-0.2, -0.15) is 0 Å². The van der Waals surface area contributed by atoms with Gasteiger partial charge < -0.3 is 5.32 Å². The van der Waals surface area contributed by atoms with Crippen LogP contribution in [0.2, 0.25) is 0 Å². The fraction of sp³-hybridized carbons (Fsp3) is 0.385. The molecule has 0 amide bonds. The van der Waals surface area contributed by atoms with Crippen LogP contribution >= 0.6 is 0 Å². The van der Waals surface area contributed by atoms with Crippen molar-refractivity contribution in [3.63, 3.8) is 0 Å². The zero-order chi connectivity index (χ0) is 12.5. The van der Waals surface area contributed by atoms with Crippen LogP contribution in [0.3, 0.4) is 0 Å². The molecule has 0 aliphatic carbocycles. The van der Waals surface area contributed by atoms with Gasteiger partial charge in [0.05, 0.1) is 17.2 Å². The first kappa shape index (κ1) is 11.5. The maximum atomic E-state index is 12.5. The summed E-state index contributed by atoms with van der Waals surface area (Å²) in [6, 6.07) is 6.13. The Balaban J connectivity index is 2.13. The molecule has 92 valence electrons. The summed E-state index contributed by atoms with van der Waals surface area (Å²) in [6.07, 6.45) is 3.70. The minimum Gasteiger partial charge on any atom is -0.317 e. The standard InChI is InChI=1S/C13H16BN3O/c14-9-1-2-12-11(7-9)13(18)17(8-16-12)10-3-5-15-6-4-10/h1-2,7-8,10,15H,3-6,14H2. The molecule has 0 atom stereocenters. The van der Waals surface area contributed by atoms with Gasteiger partial charge in [0.25, 0.3) is 5.56 Å². The molecule has 3 rings (SSSR count). The molecule has 0 unspecified atom stereocenters. The highest BCUT2D eigenvalue weighted by atomic mass is 16.1. The molecule has 5 heteroatoms. The SMILES string of the molecule is Bc1ccc2ncn(C3CCNCC3)c(=O)c2c1. The van der Waals surface area contributed by atoms with Crippen molar-refractivity contribution in [3.8, 4) is 0 Å². The fourth-order valence-corrected chi connectivity index (χ4v) is 2.59. The van der Waals surface area contributed by atoms with Gasteiger partial charge in [0, 0.05) is 6.04 Å². The fourth-order valence-electron chi connectivity index (χ4n) is 2.59. The second-order valence-corrected chi connectivity index (χ2v) is 4.96. The summed E-state index contributed by atoms with van der Waals surface area (Å²) >= 11 is 0. The lowest BCUT2D eigenvalue weighted by Gasteiger charge is -2.24. The molecule has 1 aromatic carbocycles. The van der Waals surface area contributed by atoms with Gasteiger partial charge in [0.1, 0.15) is 7.85 Å². The molecule has 0 radical (unpaired) electrons. The predicted molar refractivity (Wildman–Crippen MR) is 75.3 cm³/mol. The molecule has 1 saturated heterocycles. The van der Waals surface area contributed by atoms with E-state index in [9.17, 15) is 4.79 Å². The number of hydrogen-bond acceptors (Lipinski definition) is 3. The lowest BCUT2D eigenvalue weighted by molar-refractivity contribution is 0.359. The molecule has 18 heavy (non-hydrogen) atoms. The second-order valence-electron chi connectivity index (χ2n) is 4.96. The third-order valence-electron chi connectivity index (χ3n) is 3.64. The number of nitrogens with one attached hydrogen (secondary N) is 1. The highest BCUT2D eigenvalue weighted by molar-refractivity contribution is 6.33. The minimum absolute atomic E-state index is 0.0931. The van der Waals surface area contributed by atoms with E-state index in [4.69, 9.17) is 0 Å². The largest absolute Gasteiger partial charge is 0.317 e. The highest BCUT2D eigenvalue weighted by Crippen LogP contribution is 2.16. The average molecular weight is 241 g/mol. The topological polar surface area (TPSA) is 46.9 Å². The van der Waals surface area contributed by atoms with Gasteiger partial charge in [-0.05, 0) is 32.0 Å². The number of piperidine rings is 1. The Morgan fingerprint density at radius 2 is 2.11 bits per heavy atom. The van der Waals surface area contributed by atoms with Gasteiger partial charge in [0.2, 0.25) is 0 Å². The van der Waals surface area contributed by atoms with Crippen molar-refractivity contribution in [2.45, 2.75) is 18.9 Å². The van der Waals surface area contributed by atoms with E-state index in [1.54, 1.807) is 6.33 Å². The number of hydrogen-bond donors (Lipinski definition) is 1. The summed E-state index contributed by atoms with van der Waals surface area (Å²) in [7, 11) is 2.00. The van der Waals surface area contributed by atoms with Crippen LogP contribution in [0.5, 0.6) is 0 Å². The zero-order valence-electron chi connectivity index (χ0n) is 10.5. The quantitative estimate of drug-likeness (QED) is 0.690. The smallest absolute Gasteiger partial charge is 0.261 e. The molecule has 1 aromatic heterocycles. The van der Waals surface area contributed by atoms with E-state index in [1.807, 2.05) is 30.6 Å². The second kappa shape index (κ2) is 4.57. The molecule has 1 fully saturated rings. The third kappa shape index (κ3) is 1.95. The Hall–Kier alpha value is -1.62. The van der Waals surface area contributed by atoms with Gasteiger partial charge in [-0.1, -0.05) is 17.6 Å². The van der Waals surface area contributed by atoms with Crippen LogP contribution in [-0.4, -0.2) is 30.5 Å². The number of benzene rings is 1. The first-order chi connectivity index (χ1) is 8.75. The lowest BCUT2D eigenvalue weighted by atomic mass is 9.95. The number of aromatic nitrogens is 2. The van der Waals surface area contributed by atoms with Crippen molar-refractivity contribution in [2.24, 2.45) is 0 Å². The molecule has 1 aliphatic heterocycles. The molecule has 0 spiro atoms. The van der Waals surface area contributed by atoms with Crippen molar-refractivity contribution in [2.75, 3.05) is 13.1 Å². The first-order valence-electron chi connectivity index (χ1n) is 6.44. The maximum Gasteiger partial charge on any atom is 0.261 e. The van der Waals surface area contributed by atoms with Gasteiger partial charge in [0.15, 0.2) is 0 Å². The van der Waals surface area contributed by atoms with Crippen molar-refractivity contribution >= 4 is 24.2 Å². The van der Waals surface area contributed by atoms with Crippen LogP contribution in [0.15, 0.2) is 29.3 Å². The Kier molecular flexibility index (Phi) is 2.92. The van der Waals surface area contributed by atoms with E-state index in [2.05, 4.69) is 10.3 Å². The van der Waals surface area contributed by atoms with Crippen LogP contribution in [-0.2, 0) is 0 Å². The van der Waals surface area contributed by atoms with Crippen LogP contribution in [0.1, 0.15) is 18.9 Å². The maximum absolute atomic E-state index is 12.5. The zero-order valence-corrected chi connectivity index (χ0v) is 10.5. The summed E-state index contributed by atoms with van der Waals surface area (Å²) in [5.74, 6) is 0. The Bertz CT molecular complexity index is 632. The van der Waals surface area contributed by atoms with E-state index >= 15 is 0 Å². The van der Waals surface area contributed by atoms with E-state index in [1.165, 1.54) is 0 Å². The molecule has 1 N–H and O–H groups in total. The predicted octanol–water partition coefficient (Wildman–Crippen LogP) is -0.421. The molecule has 0 saturated carbocycles. The lowest BCUT2D eigenvalue weighted by Crippen LogP contribution is -2.34. The van der Waals surface area contributed by atoms with Crippen LogP contribution in [0.4, 0.5) is 0 Å². The average Bonchev–Trinajstić information content (AvgIpc) is 2.41. The van der Waals surface area contributed by atoms with Crippen LogP contribution in [0.25, 0.3) is 10.9 Å². The van der Waals surface area contributed by atoms with Crippen molar-refractivity contribution in [1.29, 1.82) is 0 Å². The first-order valence-corrected chi connectivity index (χ1v) is 6.44. The number of rotatable bonds is 1. The molecular weight excluding hydrogens is 225 g/mol. The summed E-state index contributed by atoms with van der Waals surface area (Å²) in [5, 5.41) is 4.05. The van der Waals surface area contributed by atoms with E-state index in [0.717, 1.165) is 42.3 Å². The van der Waals surface area contributed by atoms with E-state index < -0.39 is 0 Å². The van der Waals surface area contributed by atoms with Gasteiger partial charge in [-0.15, -0.1) is 0 Å². The van der Waals surface area contributed by atoms with Crippen molar-refractivity contribution in [3.05, 3.63) is 34.9 Å². The summed E-state index contributed by atoms with van der Waals surface area (Å²) in [6.45, 7) is 1.95. The van der Waals surface area contributed by atoms with Gasteiger partial charge in [-0.25, -0.2) is 4.98 Å². The van der Waals surface area contributed by atoms with Gasteiger partial charge >= 0.3 is 0 Å². The number of fused-ring (bicyclic) bond motifs is 1. The van der Waals surface area contributed by atoms with Crippen molar-refractivity contribution < 1.29 is 0 Å². The van der Waals surface area contributed by atoms with Crippen molar-refractivity contribution in [1.82, 2.24) is 14.9 Å². The Morgan fingerprint density at radius 1 is 1.33 bits per heavy atom. The van der Waals surface area contributed by atoms with Gasteiger partial charge in [-0.3, -0.25) is 9.36 Å². The van der Waals surface area contributed by atoms with E-state index in [-0.39, 0.29) is 11.6 Å². The summed E-state index contributed by atoms with van der Waals surface area (Å²) < 4.78 is 1.81. The Morgan fingerprint density at radius 3 is 2.89 bits per heavy atom. The van der Waals surface area contributed by atoms with Crippen LogP contribution < -0.4 is 16.3 Å². The van der Waals surface area contributed by atoms with E-state index in [0.29, 0.717) is 0 Å². The molecule has 2 heterocycles. The third-order valence-corrected chi connectivity index (χ3v) is 3.64. The van der Waals surface area contributed by atoms with Crippen LogP contribution in [0, 0.1) is 0 Å². The monoisotopic (exact) mass is 241 g/mol.